The van der Waals surface area contributed by atoms with Gasteiger partial charge < -0.3 is 10.5 Å². The Hall–Kier alpha value is -1.71. The van der Waals surface area contributed by atoms with Crippen molar-refractivity contribution in [2.45, 2.75) is 19.4 Å². The van der Waals surface area contributed by atoms with Crippen LogP contribution < -0.4 is 5.73 Å². The van der Waals surface area contributed by atoms with Crippen molar-refractivity contribution in [2.24, 2.45) is 5.73 Å². The maximum Gasteiger partial charge on any atom is 0.123 e. The fraction of sp³-hybridized carbons (Fsp3) is 0.294. The van der Waals surface area contributed by atoms with E-state index in [1.165, 1.54) is 23.3 Å². The highest BCUT2D eigenvalue weighted by Gasteiger charge is 2.08. The third-order valence-corrected chi connectivity index (χ3v) is 2.86. The molecule has 3 heteroatoms. The Morgan fingerprint density at radius 3 is 2.25 bits per heavy atom. The zero-order valence-corrected chi connectivity index (χ0v) is 12.1. The van der Waals surface area contributed by atoms with Gasteiger partial charge in [-0.25, -0.2) is 4.39 Å². The first-order valence-electron chi connectivity index (χ1n) is 6.67. The van der Waals surface area contributed by atoms with Crippen molar-refractivity contribution in [2.75, 3.05) is 13.7 Å². The van der Waals surface area contributed by atoms with Crippen LogP contribution in [0.2, 0.25) is 0 Å². The van der Waals surface area contributed by atoms with E-state index in [0.717, 1.165) is 6.42 Å². The standard InChI is InChI=1S/C11H17NO.C6H5F/c1-9-4-3-5-10(8-9)11(13-2)6-7-12;7-6-4-2-1-3-5-6/h3-5,8,11H,6-7,12H2,1-2H3;1-5H. The first-order chi connectivity index (χ1) is 9.67. The molecule has 0 heterocycles. The van der Waals surface area contributed by atoms with Crippen LogP contribution in [0.15, 0.2) is 54.6 Å². The Morgan fingerprint density at radius 2 is 1.80 bits per heavy atom. The zero-order chi connectivity index (χ0) is 14.8. The molecule has 0 amide bonds. The van der Waals surface area contributed by atoms with Crippen molar-refractivity contribution in [3.8, 4) is 0 Å². The van der Waals surface area contributed by atoms with E-state index in [4.69, 9.17) is 10.5 Å². The number of hydrogen-bond acceptors (Lipinski definition) is 2. The van der Waals surface area contributed by atoms with Crippen LogP contribution in [0.1, 0.15) is 23.7 Å². The van der Waals surface area contributed by atoms with Crippen molar-refractivity contribution >= 4 is 0 Å². The van der Waals surface area contributed by atoms with Gasteiger partial charge in [0.05, 0.1) is 6.10 Å². The van der Waals surface area contributed by atoms with E-state index in [0.29, 0.717) is 6.54 Å². The fourth-order valence-corrected chi connectivity index (χ4v) is 1.86. The average molecular weight is 275 g/mol. The monoisotopic (exact) mass is 275 g/mol. The molecule has 0 saturated carbocycles. The lowest BCUT2D eigenvalue weighted by Gasteiger charge is -2.14. The summed E-state index contributed by atoms with van der Waals surface area (Å²) >= 11 is 0. The number of nitrogens with two attached hydrogens (primary N) is 1. The maximum atomic E-state index is 11.9. The van der Waals surface area contributed by atoms with Gasteiger partial charge >= 0.3 is 0 Å². The molecule has 2 aromatic carbocycles. The van der Waals surface area contributed by atoms with E-state index in [2.05, 4.69) is 25.1 Å². The molecule has 0 saturated heterocycles. The van der Waals surface area contributed by atoms with Crippen LogP contribution in [0.25, 0.3) is 0 Å². The van der Waals surface area contributed by atoms with Crippen LogP contribution in [0.3, 0.4) is 0 Å². The molecule has 2 N–H and O–H groups in total. The molecular weight excluding hydrogens is 253 g/mol. The van der Waals surface area contributed by atoms with Gasteiger partial charge in [-0.15, -0.1) is 0 Å². The summed E-state index contributed by atoms with van der Waals surface area (Å²) in [5, 5.41) is 0. The molecule has 0 bridgehead atoms. The van der Waals surface area contributed by atoms with E-state index in [9.17, 15) is 4.39 Å². The smallest absolute Gasteiger partial charge is 0.123 e. The number of rotatable bonds is 4. The zero-order valence-electron chi connectivity index (χ0n) is 12.1. The molecule has 0 radical (unpaired) electrons. The van der Waals surface area contributed by atoms with Crippen LogP contribution in [-0.4, -0.2) is 13.7 Å². The van der Waals surface area contributed by atoms with Gasteiger partial charge in [0, 0.05) is 7.11 Å². The normalized spacial score (nSPS) is 11.4. The van der Waals surface area contributed by atoms with Crippen LogP contribution in [-0.2, 0) is 4.74 Å². The van der Waals surface area contributed by atoms with Crippen molar-refractivity contribution in [3.63, 3.8) is 0 Å². The van der Waals surface area contributed by atoms with Crippen LogP contribution >= 0.6 is 0 Å². The Balaban J connectivity index is 0.000000240. The molecule has 2 rings (SSSR count). The predicted molar refractivity (Wildman–Crippen MR) is 81.0 cm³/mol. The van der Waals surface area contributed by atoms with Crippen LogP contribution in [0.4, 0.5) is 4.39 Å². The quantitative estimate of drug-likeness (QED) is 0.919. The summed E-state index contributed by atoms with van der Waals surface area (Å²) in [5.41, 5.74) is 7.98. The lowest BCUT2D eigenvalue weighted by molar-refractivity contribution is 0.0977. The highest BCUT2D eigenvalue weighted by molar-refractivity contribution is 5.24. The lowest BCUT2D eigenvalue weighted by atomic mass is 10.0. The van der Waals surface area contributed by atoms with Gasteiger partial charge in [0.25, 0.3) is 0 Å². The molecule has 2 nitrogen and oxygen atoms in total. The van der Waals surface area contributed by atoms with Gasteiger partial charge in [-0.05, 0) is 37.6 Å². The first kappa shape index (κ1) is 16.3. The lowest BCUT2D eigenvalue weighted by Crippen LogP contribution is -2.09. The predicted octanol–water partition coefficient (Wildman–Crippen LogP) is 3.86. The topological polar surface area (TPSA) is 35.2 Å². The average Bonchev–Trinajstić information content (AvgIpc) is 2.46. The summed E-state index contributed by atoms with van der Waals surface area (Å²) in [7, 11) is 1.72. The molecule has 0 aliphatic rings. The SMILES string of the molecule is COC(CCN)c1cccc(C)c1.Fc1ccccc1. The summed E-state index contributed by atoms with van der Waals surface area (Å²) in [6.07, 6.45) is 1.02. The van der Waals surface area contributed by atoms with Gasteiger partial charge in [-0.2, -0.15) is 0 Å². The molecule has 0 spiro atoms. The minimum absolute atomic E-state index is 0.143. The Kier molecular flexibility index (Phi) is 7.55. The van der Waals surface area contributed by atoms with Gasteiger partial charge in [-0.3, -0.25) is 0 Å². The minimum atomic E-state index is -0.178. The third-order valence-electron chi connectivity index (χ3n) is 2.86. The van der Waals surface area contributed by atoms with E-state index in [1.807, 2.05) is 6.07 Å². The van der Waals surface area contributed by atoms with E-state index in [1.54, 1.807) is 25.3 Å². The van der Waals surface area contributed by atoms with Gasteiger partial charge in [-0.1, -0.05) is 48.0 Å². The number of halogens is 1. The van der Waals surface area contributed by atoms with Gasteiger partial charge in [0.2, 0.25) is 0 Å². The Labute approximate surface area is 120 Å². The summed E-state index contributed by atoms with van der Waals surface area (Å²) < 4.78 is 17.3. The molecule has 0 aromatic heterocycles. The molecule has 1 atom stereocenters. The highest BCUT2D eigenvalue weighted by atomic mass is 19.1. The van der Waals surface area contributed by atoms with Crippen molar-refractivity contribution < 1.29 is 9.13 Å². The molecule has 20 heavy (non-hydrogen) atoms. The molecule has 108 valence electrons. The number of methoxy groups -OCH3 is 1. The molecule has 0 aliphatic heterocycles. The second kappa shape index (κ2) is 9.23. The summed E-state index contributed by atoms with van der Waals surface area (Å²) in [6, 6.07) is 16.3. The minimum Gasteiger partial charge on any atom is -0.377 e. The molecule has 0 fully saturated rings. The van der Waals surface area contributed by atoms with Gasteiger partial charge in [0.15, 0.2) is 0 Å². The van der Waals surface area contributed by atoms with Gasteiger partial charge in [0.1, 0.15) is 5.82 Å². The second-order valence-electron chi connectivity index (χ2n) is 4.51. The molecular formula is C17H22FNO. The van der Waals surface area contributed by atoms with Crippen LogP contribution in [0, 0.1) is 12.7 Å². The van der Waals surface area contributed by atoms with Crippen molar-refractivity contribution in [1.82, 2.24) is 0 Å². The van der Waals surface area contributed by atoms with E-state index in [-0.39, 0.29) is 11.9 Å². The number of hydrogen-bond donors (Lipinski definition) is 1. The number of benzene rings is 2. The van der Waals surface area contributed by atoms with E-state index < -0.39 is 0 Å². The first-order valence-corrected chi connectivity index (χ1v) is 6.67. The summed E-state index contributed by atoms with van der Waals surface area (Å²) in [5.74, 6) is -0.178. The van der Waals surface area contributed by atoms with E-state index >= 15 is 0 Å². The highest BCUT2D eigenvalue weighted by Crippen LogP contribution is 2.20. The largest absolute Gasteiger partial charge is 0.377 e. The second-order valence-corrected chi connectivity index (χ2v) is 4.51. The summed E-state index contributed by atoms with van der Waals surface area (Å²) in [6.45, 7) is 2.74. The fourth-order valence-electron chi connectivity index (χ4n) is 1.86. The Morgan fingerprint density at radius 1 is 1.10 bits per heavy atom. The van der Waals surface area contributed by atoms with Crippen molar-refractivity contribution in [1.29, 1.82) is 0 Å². The molecule has 2 aromatic rings. The van der Waals surface area contributed by atoms with Crippen molar-refractivity contribution in [3.05, 3.63) is 71.5 Å². The van der Waals surface area contributed by atoms with Crippen LogP contribution in [0.5, 0.6) is 0 Å². The summed E-state index contributed by atoms with van der Waals surface area (Å²) in [4.78, 5) is 0. The third kappa shape index (κ3) is 5.95. The maximum absolute atomic E-state index is 11.9. The number of ether oxygens (including phenoxy) is 1. The molecule has 1 unspecified atom stereocenters. The number of aryl methyl sites for hydroxylation is 1. The Bertz CT molecular complexity index is 487. The molecule has 0 aliphatic carbocycles.